The molecule has 9 heteroatoms. The van der Waals surface area contributed by atoms with Crippen molar-refractivity contribution in [2.45, 2.75) is 4.90 Å². The molecule has 144 valence electrons. The lowest BCUT2D eigenvalue weighted by molar-refractivity contribution is 0.283. The number of benzene rings is 1. The van der Waals surface area contributed by atoms with Crippen LogP contribution in [0.4, 0.5) is 11.5 Å². The van der Waals surface area contributed by atoms with Gasteiger partial charge < -0.3 is 4.90 Å². The quantitative estimate of drug-likeness (QED) is 0.477. The van der Waals surface area contributed by atoms with Crippen LogP contribution in [-0.4, -0.2) is 51.0 Å². The van der Waals surface area contributed by atoms with Crippen molar-refractivity contribution in [3.8, 4) is 0 Å². The zero-order valence-electron chi connectivity index (χ0n) is 14.6. The SMILES string of the molecule is C=CCN1CCN(c2ccc(N(Cl)S(=O)(=O)c3ccc(Br)cc3)cn2)CC1. The van der Waals surface area contributed by atoms with E-state index in [0.717, 1.165) is 46.8 Å². The van der Waals surface area contributed by atoms with Crippen LogP contribution in [0.25, 0.3) is 0 Å². The second-order valence-electron chi connectivity index (χ2n) is 6.12. The van der Waals surface area contributed by atoms with Crippen molar-refractivity contribution < 1.29 is 8.42 Å². The van der Waals surface area contributed by atoms with E-state index in [2.05, 4.69) is 37.3 Å². The fourth-order valence-electron chi connectivity index (χ4n) is 2.85. The molecule has 0 radical (unpaired) electrons. The molecule has 0 saturated carbocycles. The Morgan fingerprint density at radius 1 is 1.15 bits per heavy atom. The largest absolute Gasteiger partial charge is 0.354 e. The minimum absolute atomic E-state index is 0.114. The molecule has 0 bridgehead atoms. The van der Waals surface area contributed by atoms with E-state index in [0.29, 0.717) is 5.69 Å². The van der Waals surface area contributed by atoms with Gasteiger partial charge in [-0.15, -0.1) is 6.58 Å². The van der Waals surface area contributed by atoms with Crippen LogP contribution in [0.5, 0.6) is 0 Å². The van der Waals surface area contributed by atoms with E-state index in [4.69, 9.17) is 11.8 Å². The summed E-state index contributed by atoms with van der Waals surface area (Å²) in [4.78, 5) is 9.01. The van der Waals surface area contributed by atoms with E-state index < -0.39 is 10.0 Å². The zero-order chi connectivity index (χ0) is 19.4. The Bertz CT molecular complexity index is 883. The molecule has 27 heavy (non-hydrogen) atoms. The highest BCUT2D eigenvalue weighted by Gasteiger charge is 2.24. The average Bonchev–Trinajstić information content (AvgIpc) is 2.69. The Kier molecular flexibility index (Phi) is 6.41. The smallest absolute Gasteiger partial charge is 0.278 e. The topological polar surface area (TPSA) is 56.8 Å². The molecule has 1 saturated heterocycles. The molecular weight excluding hydrogens is 452 g/mol. The maximum absolute atomic E-state index is 12.7. The van der Waals surface area contributed by atoms with Crippen LogP contribution in [0, 0.1) is 0 Å². The van der Waals surface area contributed by atoms with Crippen molar-refractivity contribution in [3.05, 3.63) is 59.7 Å². The molecule has 0 spiro atoms. The van der Waals surface area contributed by atoms with Gasteiger partial charge >= 0.3 is 0 Å². The van der Waals surface area contributed by atoms with Crippen molar-refractivity contribution >= 4 is 49.2 Å². The Morgan fingerprint density at radius 2 is 1.81 bits per heavy atom. The lowest BCUT2D eigenvalue weighted by atomic mass is 10.3. The highest BCUT2D eigenvalue weighted by Crippen LogP contribution is 2.27. The second kappa shape index (κ2) is 8.60. The molecule has 2 aromatic rings. The van der Waals surface area contributed by atoms with Gasteiger partial charge in [-0.1, -0.05) is 22.0 Å². The third kappa shape index (κ3) is 4.63. The minimum atomic E-state index is -3.85. The van der Waals surface area contributed by atoms with Crippen molar-refractivity contribution in [2.75, 3.05) is 41.4 Å². The minimum Gasteiger partial charge on any atom is -0.354 e. The van der Waals surface area contributed by atoms with Gasteiger partial charge in [0.1, 0.15) is 5.82 Å². The predicted molar refractivity (Wildman–Crippen MR) is 113 cm³/mol. The molecule has 1 aliphatic rings. The molecule has 3 rings (SSSR count). The van der Waals surface area contributed by atoms with E-state index in [1.165, 1.54) is 18.3 Å². The first-order valence-corrected chi connectivity index (χ1v) is 11.0. The molecule has 0 N–H and O–H groups in total. The summed E-state index contributed by atoms with van der Waals surface area (Å²) in [6.07, 6.45) is 3.39. The highest BCUT2D eigenvalue weighted by molar-refractivity contribution is 9.10. The molecule has 0 aliphatic carbocycles. The number of sulfonamides is 1. The predicted octanol–water partition coefficient (Wildman–Crippen LogP) is 3.50. The summed E-state index contributed by atoms with van der Waals surface area (Å²) in [7, 11) is -3.85. The van der Waals surface area contributed by atoms with Crippen LogP contribution in [0.3, 0.4) is 0 Å². The standard InChI is InChI=1S/C18H20BrClN4O2S/c1-2-9-22-10-12-23(13-11-22)18-8-5-16(14-21-18)24(20)27(25,26)17-6-3-15(19)4-7-17/h2-8,14H,1,9-13H2. The van der Waals surface area contributed by atoms with E-state index in [9.17, 15) is 8.42 Å². The van der Waals surface area contributed by atoms with Gasteiger partial charge in [-0.05, 0) is 36.4 Å². The molecule has 1 aromatic carbocycles. The Balaban J connectivity index is 1.71. The molecule has 1 aromatic heterocycles. The number of aromatic nitrogens is 1. The normalized spacial score (nSPS) is 15.6. The monoisotopic (exact) mass is 470 g/mol. The van der Waals surface area contributed by atoms with E-state index in [1.54, 1.807) is 24.3 Å². The van der Waals surface area contributed by atoms with Crippen molar-refractivity contribution in [1.29, 1.82) is 0 Å². The van der Waals surface area contributed by atoms with Gasteiger partial charge in [-0.2, -0.15) is 12.2 Å². The maximum Gasteiger partial charge on any atom is 0.278 e. The number of hydrogen-bond donors (Lipinski definition) is 0. The van der Waals surface area contributed by atoms with Crippen LogP contribution in [-0.2, 0) is 10.0 Å². The average molecular weight is 472 g/mol. The molecule has 2 heterocycles. The van der Waals surface area contributed by atoms with Crippen molar-refractivity contribution in [1.82, 2.24) is 9.88 Å². The number of nitrogens with zero attached hydrogens (tertiary/aromatic N) is 4. The van der Waals surface area contributed by atoms with Gasteiger partial charge in [0.15, 0.2) is 0 Å². The van der Waals surface area contributed by atoms with Crippen LogP contribution >= 0.6 is 27.7 Å². The Labute approximate surface area is 173 Å². The van der Waals surface area contributed by atoms with E-state index in [-0.39, 0.29) is 4.90 Å². The third-order valence-corrected chi connectivity index (χ3v) is 7.11. The van der Waals surface area contributed by atoms with E-state index >= 15 is 0 Å². The number of hydrogen-bond acceptors (Lipinski definition) is 5. The highest BCUT2D eigenvalue weighted by atomic mass is 79.9. The summed E-state index contributed by atoms with van der Waals surface area (Å²) in [5.74, 6) is 0.808. The van der Waals surface area contributed by atoms with Gasteiger partial charge in [0.25, 0.3) is 10.0 Å². The van der Waals surface area contributed by atoms with Crippen molar-refractivity contribution in [3.63, 3.8) is 0 Å². The maximum atomic E-state index is 12.7. The van der Waals surface area contributed by atoms with Gasteiger partial charge in [-0.3, -0.25) is 4.90 Å². The summed E-state index contributed by atoms with van der Waals surface area (Å²) in [6, 6.07) is 9.78. The van der Waals surface area contributed by atoms with Crippen LogP contribution < -0.4 is 8.72 Å². The fraction of sp³-hybridized carbons (Fsp3) is 0.278. The number of rotatable bonds is 6. The number of pyridine rings is 1. The molecule has 1 fully saturated rings. The first-order valence-electron chi connectivity index (χ1n) is 8.43. The second-order valence-corrected chi connectivity index (χ2v) is 9.37. The van der Waals surface area contributed by atoms with E-state index in [1.807, 2.05) is 6.08 Å². The summed E-state index contributed by atoms with van der Waals surface area (Å²) in [5, 5.41) is 0. The first kappa shape index (κ1) is 20.1. The van der Waals surface area contributed by atoms with Crippen LogP contribution in [0.1, 0.15) is 0 Å². The molecule has 6 nitrogen and oxygen atoms in total. The molecule has 0 unspecified atom stereocenters. The number of anilines is 2. The Morgan fingerprint density at radius 3 is 2.37 bits per heavy atom. The first-order chi connectivity index (χ1) is 12.9. The van der Waals surface area contributed by atoms with Gasteiger partial charge in [0.05, 0.1) is 16.8 Å². The zero-order valence-corrected chi connectivity index (χ0v) is 17.8. The number of piperazine rings is 1. The lowest BCUT2D eigenvalue weighted by Crippen LogP contribution is -2.46. The molecule has 0 atom stereocenters. The number of halogens is 2. The molecule has 0 amide bonds. The summed E-state index contributed by atoms with van der Waals surface area (Å²) in [6.45, 7) is 8.26. The van der Waals surface area contributed by atoms with Gasteiger partial charge in [0.2, 0.25) is 0 Å². The van der Waals surface area contributed by atoms with Gasteiger partial charge in [-0.25, -0.2) is 4.98 Å². The van der Waals surface area contributed by atoms with Crippen LogP contribution in [0.2, 0.25) is 0 Å². The Hall–Kier alpha value is -1.61. The van der Waals surface area contributed by atoms with Gasteiger partial charge in [0, 0.05) is 49.0 Å². The molecule has 1 aliphatic heterocycles. The third-order valence-electron chi connectivity index (χ3n) is 4.34. The summed E-state index contributed by atoms with van der Waals surface area (Å²) >= 11 is 9.42. The van der Waals surface area contributed by atoms with Crippen molar-refractivity contribution in [2.24, 2.45) is 0 Å². The van der Waals surface area contributed by atoms with Crippen LogP contribution in [0.15, 0.2) is 64.6 Å². The summed E-state index contributed by atoms with van der Waals surface area (Å²) < 4.78 is 26.8. The lowest BCUT2D eigenvalue weighted by Gasteiger charge is -2.34. The summed E-state index contributed by atoms with van der Waals surface area (Å²) in [5.41, 5.74) is 0.300. The molecular formula is C18H20BrClN4O2S. The fourth-order valence-corrected chi connectivity index (χ4v) is 4.50.